The molecule has 1 N–H and O–H groups in total. The number of allylic oxidation sites excluding steroid dienone is 1. The third-order valence-corrected chi connectivity index (χ3v) is 1.39. The molecular weight excluding hydrogens is 152 g/mol. The monoisotopic (exact) mass is 162 g/mol. The van der Waals surface area contributed by atoms with Crippen molar-refractivity contribution < 1.29 is 9.90 Å². The topological polar surface area (TPSA) is 37.3 Å². The number of rotatable bonds is 4. The average Bonchev–Trinajstić information content (AvgIpc) is 1.88. The Bertz CT molecular complexity index is 141. The van der Waals surface area contributed by atoms with Gasteiger partial charge in [0.1, 0.15) is 0 Å². The Morgan fingerprint density at radius 2 is 2.30 bits per heavy atom. The van der Waals surface area contributed by atoms with Crippen LogP contribution in [0.5, 0.6) is 0 Å². The molecule has 0 unspecified atom stereocenters. The van der Waals surface area contributed by atoms with Crippen molar-refractivity contribution >= 4 is 17.6 Å². The molecule has 0 amide bonds. The van der Waals surface area contributed by atoms with Crippen LogP contribution in [0.2, 0.25) is 0 Å². The lowest BCUT2D eigenvalue weighted by Gasteiger charge is -1.91. The van der Waals surface area contributed by atoms with E-state index in [-0.39, 0.29) is 0 Å². The molecule has 0 radical (unpaired) electrons. The highest BCUT2D eigenvalue weighted by atomic mass is 35.5. The second-order valence-corrected chi connectivity index (χ2v) is 2.40. The minimum atomic E-state index is -0.852. The number of halogens is 1. The van der Waals surface area contributed by atoms with Crippen molar-refractivity contribution in [1.82, 2.24) is 0 Å². The first kappa shape index (κ1) is 9.50. The van der Waals surface area contributed by atoms with Gasteiger partial charge in [0.2, 0.25) is 0 Å². The van der Waals surface area contributed by atoms with Crippen LogP contribution in [0.15, 0.2) is 11.6 Å². The maximum atomic E-state index is 10.2. The summed E-state index contributed by atoms with van der Waals surface area (Å²) in [5.41, 5.74) is 0.394. The smallest absolute Gasteiger partial charge is 0.330 e. The van der Waals surface area contributed by atoms with E-state index in [1.165, 1.54) is 0 Å². The van der Waals surface area contributed by atoms with Gasteiger partial charge in [-0.3, -0.25) is 0 Å². The molecule has 0 fully saturated rings. The van der Waals surface area contributed by atoms with E-state index in [2.05, 4.69) is 0 Å². The zero-order valence-corrected chi connectivity index (χ0v) is 6.69. The van der Waals surface area contributed by atoms with Crippen molar-refractivity contribution in [3.05, 3.63) is 11.6 Å². The second kappa shape index (κ2) is 5.30. The van der Waals surface area contributed by atoms with Crippen LogP contribution in [0.3, 0.4) is 0 Å². The van der Waals surface area contributed by atoms with E-state index in [1.807, 2.05) is 0 Å². The first-order valence-electron chi connectivity index (χ1n) is 3.14. The SMILES string of the molecule is CC(=CCCCCl)C(=O)O. The van der Waals surface area contributed by atoms with E-state index in [1.54, 1.807) is 13.0 Å². The van der Waals surface area contributed by atoms with Crippen molar-refractivity contribution in [2.24, 2.45) is 0 Å². The second-order valence-electron chi connectivity index (χ2n) is 2.02. The Labute approximate surface area is 65.5 Å². The minimum absolute atomic E-state index is 0.394. The summed E-state index contributed by atoms with van der Waals surface area (Å²) in [6.45, 7) is 1.58. The molecule has 2 nitrogen and oxygen atoms in total. The number of carboxylic acids is 1. The number of carbonyl (C=O) groups is 1. The molecule has 0 bridgehead atoms. The van der Waals surface area contributed by atoms with Crippen LogP contribution < -0.4 is 0 Å². The summed E-state index contributed by atoms with van der Waals surface area (Å²) in [7, 11) is 0. The molecule has 10 heavy (non-hydrogen) atoms. The van der Waals surface area contributed by atoms with Crippen LogP contribution in [0.4, 0.5) is 0 Å². The lowest BCUT2D eigenvalue weighted by atomic mass is 10.2. The number of aliphatic carboxylic acids is 1. The Hall–Kier alpha value is -0.500. The lowest BCUT2D eigenvalue weighted by molar-refractivity contribution is -0.132. The van der Waals surface area contributed by atoms with Gasteiger partial charge in [-0.1, -0.05) is 6.08 Å². The van der Waals surface area contributed by atoms with Crippen molar-refractivity contribution in [3.63, 3.8) is 0 Å². The Balaban J connectivity index is 3.58. The standard InChI is InChI=1S/C7H11ClO2/c1-6(7(9)10)4-2-3-5-8/h4H,2-3,5H2,1H3,(H,9,10). The van der Waals surface area contributed by atoms with Crippen LogP contribution in [-0.2, 0) is 4.79 Å². The molecule has 0 rings (SSSR count). The number of unbranched alkanes of at least 4 members (excludes halogenated alkanes) is 1. The van der Waals surface area contributed by atoms with Crippen LogP contribution in [0.1, 0.15) is 19.8 Å². The highest BCUT2D eigenvalue weighted by Crippen LogP contribution is 1.99. The number of carboxylic acid groups (broad SMARTS) is 1. The predicted molar refractivity (Wildman–Crippen MR) is 41.3 cm³/mol. The first-order valence-corrected chi connectivity index (χ1v) is 3.68. The number of hydrogen-bond acceptors (Lipinski definition) is 1. The van der Waals surface area contributed by atoms with E-state index >= 15 is 0 Å². The molecule has 58 valence electrons. The van der Waals surface area contributed by atoms with Gasteiger partial charge >= 0.3 is 5.97 Å². The fraction of sp³-hybridized carbons (Fsp3) is 0.571. The summed E-state index contributed by atoms with van der Waals surface area (Å²) in [5.74, 6) is -0.266. The lowest BCUT2D eigenvalue weighted by Crippen LogP contribution is -1.95. The minimum Gasteiger partial charge on any atom is -0.478 e. The summed E-state index contributed by atoms with van der Waals surface area (Å²) in [6.07, 6.45) is 3.28. The molecule has 0 aliphatic carbocycles. The van der Waals surface area contributed by atoms with Gasteiger partial charge in [0.25, 0.3) is 0 Å². The summed E-state index contributed by atoms with van der Waals surface area (Å²) < 4.78 is 0. The van der Waals surface area contributed by atoms with Crippen LogP contribution in [-0.4, -0.2) is 17.0 Å². The van der Waals surface area contributed by atoms with Crippen molar-refractivity contribution in [3.8, 4) is 0 Å². The van der Waals surface area contributed by atoms with E-state index in [0.29, 0.717) is 11.5 Å². The quantitative estimate of drug-likeness (QED) is 0.390. The van der Waals surface area contributed by atoms with Gasteiger partial charge in [0.05, 0.1) is 0 Å². The zero-order valence-electron chi connectivity index (χ0n) is 5.93. The van der Waals surface area contributed by atoms with E-state index in [4.69, 9.17) is 16.7 Å². The number of alkyl halides is 1. The van der Waals surface area contributed by atoms with Gasteiger partial charge in [-0.2, -0.15) is 0 Å². The maximum Gasteiger partial charge on any atom is 0.330 e. The average molecular weight is 163 g/mol. The number of hydrogen-bond donors (Lipinski definition) is 1. The largest absolute Gasteiger partial charge is 0.478 e. The summed E-state index contributed by atoms with van der Waals surface area (Å²) in [4.78, 5) is 10.2. The van der Waals surface area contributed by atoms with Gasteiger partial charge in [-0.15, -0.1) is 11.6 Å². The third kappa shape index (κ3) is 4.39. The summed E-state index contributed by atoms with van der Waals surface area (Å²) in [5, 5.41) is 8.38. The van der Waals surface area contributed by atoms with E-state index < -0.39 is 5.97 Å². The molecule has 0 heterocycles. The fourth-order valence-electron chi connectivity index (χ4n) is 0.483. The van der Waals surface area contributed by atoms with E-state index in [0.717, 1.165) is 12.8 Å². The van der Waals surface area contributed by atoms with Crippen LogP contribution in [0.25, 0.3) is 0 Å². The van der Waals surface area contributed by atoms with Crippen LogP contribution in [0, 0.1) is 0 Å². The van der Waals surface area contributed by atoms with Gasteiger partial charge in [0.15, 0.2) is 0 Å². The van der Waals surface area contributed by atoms with Gasteiger partial charge < -0.3 is 5.11 Å². The van der Waals surface area contributed by atoms with Crippen molar-refractivity contribution in [2.75, 3.05) is 5.88 Å². The van der Waals surface area contributed by atoms with E-state index in [9.17, 15) is 4.79 Å². The molecule has 3 heteroatoms. The van der Waals surface area contributed by atoms with Crippen LogP contribution >= 0.6 is 11.6 Å². The summed E-state index contributed by atoms with van der Waals surface area (Å²) >= 11 is 5.39. The van der Waals surface area contributed by atoms with Crippen molar-refractivity contribution in [2.45, 2.75) is 19.8 Å². The Morgan fingerprint density at radius 3 is 2.70 bits per heavy atom. The van der Waals surface area contributed by atoms with Gasteiger partial charge in [-0.25, -0.2) is 4.79 Å². The Morgan fingerprint density at radius 1 is 1.70 bits per heavy atom. The zero-order chi connectivity index (χ0) is 7.98. The highest BCUT2D eigenvalue weighted by molar-refractivity contribution is 6.17. The molecule has 0 saturated carbocycles. The first-order chi connectivity index (χ1) is 4.68. The van der Waals surface area contributed by atoms with Gasteiger partial charge in [0, 0.05) is 11.5 Å². The molecule has 0 aliphatic heterocycles. The predicted octanol–water partition coefficient (Wildman–Crippen LogP) is 2.04. The Kier molecular flexibility index (Phi) is 5.03. The normalized spacial score (nSPS) is 11.6. The summed E-state index contributed by atoms with van der Waals surface area (Å²) in [6, 6.07) is 0. The molecule has 0 spiro atoms. The maximum absolute atomic E-state index is 10.2. The molecule has 0 aromatic rings. The molecule has 0 saturated heterocycles. The molecule has 0 aromatic heterocycles. The molecule has 0 aromatic carbocycles. The molecule has 0 aliphatic rings. The molecule has 0 atom stereocenters. The van der Waals surface area contributed by atoms with Crippen molar-refractivity contribution in [1.29, 1.82) is 0 Å². The van der Waals surface area contributed by atoms with Gasteiger partial charge in [-0.05, 0) is 19.8 Å². The molecular formula is C7H11ClO2. The third-order valence-electron chi connectivity index (χ3n) is 1.13. The highest BCUT2D eigenvalue weighted by Gasteiger charge is 1.96. The fourth-order valence-corrected chi connectivity index (χ4v) is 0.637.